The molecule has 0 fully saturated rings. The van der Waals surface area contributed by atoms with E-state index >= 15 is 0 Å². The van der Waals surface area contributed by atoms with E-state index in [2.05, 4.69) is 30.2 Å². The van der Waals surface area contributed by atoms with E-state index < -0.39 is 0 Å². The van der Waals surface area contributed by atoms with E-state index in [0.717, 1.165) is 23.5 Å². The molecular weight excluding hydrogens is 284 g/mol. The molecule has 3 rings (SSSR count). The van der Waals surface area contributed by atoms with E-state index in [1.165, 1.54) is 10.9 Å². The molecule has 0 aliphatic carbocycles. The third-order valence-electron chi connectivity index (χ3n) is 3.62. The van der Waals surface area contributed by atoms with Gasteiger partial charge in [-0.05, 0) is 25.5 Å². The molecule has 1 aromatic carbocycles. The van der Waals surface area contributed by atoms with Gasteiger partial charge in [-0.25, -0.2) is 0 Å². The van der Waals surface area contributed by atoms with Crippen molar-refractivity contribution in [2.75, 3.05) is 5.32 Å². The SMILES string of the molecule is CCc1c(C(C)Nc2cnccc2Cl)oc2ccccc12. The van der Waals surface area contributed by atoms with Crippen molar-refractivity contribution in [3.8, 4) is 0 Å². The molecule has 0 radical (unpaired) electrons. The Morgan fingerprint density at radius 1 is 1.29 bits per heavy atom. The molecule has 3 aromatic rings. The second-order valence-electron chi connectivity index (χ2n) is 5.02. The molecule has 0 spiro atoms. The first-order chi connectivity index (χ1) is 10.2. The minimum atomic E-state index is 0.0223. The Morgan fingerprint density at radius 3 is 2.86 bits per heavy atom. The minimum absolute atomic E-state index is 0.0223. The number of rotatable bonds is 4. The predicted molar refractivity (Wildman–Crippen MR) is 86.9 cm³/mol. The molecule has 0 aliphatic heterocycles. The molecule has 3 nitrogen and oxygen atoms in total. The van der Waals surface area contributed by atoms with Gasteiger partial charge in [0.2, 0.25) is 0 Å². The first kappa shape index (κ1) is 14.0. The van der Waals surface area contributed by atoms with E-state index in [4.69, 9.17) is 16.0 Å². The van der Waals surface area contributed by atoms with Crippen LogP contribution in [0, 0.1) is 0 Å². The Hall–Kier alpha value is -2.00. The van der Waals surface area contributed by atoms with Crippen LogP contribution in [0.4, 0.5) is 5.69 Å². The van der Waals surface area contributed by atoms with E-state index in [0.29, 0.717) is 5.02 Å². The Balaban J connectivity index is 1.98. The number of nitrogens with one attached hydrogen (secondary N) is 1. The summed E-state index contributed by atoms with van der Waals surface area (Å²) in [6.07, 6.45) is 4.34. The molecule has 2 heterocycles. The zero-order chi connectivity index (χ0) is 14.8. The van der Waals surface area contributed by atoms with Gasteiger partial charge in [-0.15, -0.1) is 0 Å². The first-order valence-electron chi connectivity index (χ1n) is 7.07. The number of furan rings is 1. The summed E-state index contributed by atoms with van der Waals surface area (Å²) in [4.78, 5) is 4.10. The lowest BCUT2D eigenvalue weighted by atomic mass is 10.0. The third-order valence-corrected chi connectivity index (χ3v) is 3.95. The summed E-state index contributed by atoms with van der Waals surface area (Å²) < 4.78 is 6.04. The molecule has 1 atom stereocenters. The zero-order valence-corrected chi connectivity index (χ0v) is 12.8. The van der Waals surface area contributed by atoms with Gasteiger partial charge in [0, 0.05) is 17.1 Å². The highest BCUT2D eigenvalue weighted by Crippen LogP contribution is 2.33. The van der Waals surface area contributed by atoms with Crippen molar-refractivity contribution in [2.45, 2.75) is 26.3 Å². The highest BCUT2D eigenvalue weighted by molar-refractivity contribution is 6.33. The average Bonchev–Trinajstić information content (AvgIpc) is 2.88. The predicted octanol–water partition coefficient (Wildman–Crippen LogP) is 5.22. The molecule has 0 saturated heterocycles. The fourth-order valence-corrected chi connectivity index (χ4v) is 2.77. The van der Waals surface area contributed by atoms with Gasteiger partial charge in [-0.1, -0.05) is 36.7 Å². The second kappa shape index (κ2) is 5.78. The van der Waals surface area contributed by atoms with Gasteiger partial charge in [-0.3, -0.25) is 4.98 Å². The fourth-order valence-electron chi connectivity index (χ4n) is 2.61. The number of hydrogen-bond donors (Lipinski definition) is 1. The maximum atomic E-state index is 6.18. The number of benzene rings is 1. The quantitative estimate of drug-likeness (QED) is 0.718. The number of halogens is 1. The van der Waals surface area contributed by atoms with Gasteiger partial charge < -0.3 is 9.73 Å². The summed E-state index contributed by atoms with van der Waals surface area (Å²) in [5.41, 5.74) is 2.98. The van der Waals surface area contributed by atoms with Crippen LogP contribution in [-0.2, 0) is 6.42 Å². The molecule has 1 N–H and O–H groups in total. The van der Waals surface area contributed by atoms with E-state index in [1.54, 1.807) is 18.5 Å². The zero-order valence-electron chi connectivity index (χ0n) is 12.1. The Labute approximate surface area is 128 Å². The number of pyridine rings is 1. The maximum Gasteiger partial charge on any atom is 0.134 e. The number of para-hydroxylation sites is 1. The Kier molecular flexibility index (Phi) is 3.84. The molecule has 0 bridgehead atoms. The summed E-state index contributed by atoms with van der Waals surface area (Å²) >= 11 is 6.18. The fraction of sp³-hybridized carbons (Fsp3) is 0.235. The van der Waals surface area contributed by atoms with Crippen LogP contribution in [0.25, 0.3) is 11.0 Å². The number of fused-ring (bicyclic) bond motifs is 1. The topological polar surface area (TPSA) is 38.1 Å². The van der Waals surface area contributed by atoms with E-state index in [9.17, 15) is 0 Å². The standard InChI is InChI=1S/C17H17ClN2O/c1-3-12-13-6-4-5-7-16(13)21-17(12)11(2)20-15-10-19-9-8-14(15)18/h4-11,20H,3H2,1-2H3. The van der Waals surface area contributed by atoms with Crippen LogP contribution in [0.1, 0.15) is 31.2 Å². The molecule has 4 heteroatoms. The highest BCUT2D eigenvalue weighted by Gasteiger charge is 2.18. The van der Waals surface area contributed by atoms with Crippen LogP contribution < -0.4 is 5.32 Å². The summed E-state index contributed by atoms with van der Waals surface area (Å²) in [6, 6.07) is 9.93. The summed E-state index contributed by atoms with van der Waals surface area (Å²) in [5.74, 6) is 0.957. The molecule has 108 valence electrons. The van der Waals surface area contributed by atoms with Gasteiger partial charge >= 0.3 is 0 Å². The van der Waals surface area contributed by atoms with Gasteiger partial charge in [0.05, 0.1) is 22.9 Å². The summed E-state index contributed by atoms with van der Waals surface area (Å²) in [7, 11) is 0. The molecular formula is C17H17ClN2O. The van der Waals surface area contributed by atoms with Crippen molar-refractivity contribution in [2.24, 2.45) is 0 Å². The minimum Gasteiger partial charge on any atom is -0.459 e. The lowest BCUT2D eigenvalue weighted by molar-refractivity contribution is 0.520. The van der Waals surface area contributed by atoms with Crippen molar-refractivity contribution in [1.29, 1.82) is 0 Å². The van der Waals surface area contributed by atoms with Crippen LogP contribution in [0.3, 0.4) is 0 Å². The van der Waals surface area contributed by atoms with Crippen LogP contribution in [0.2, 0.25) is 5.02 Å². The first-order valence-corrected chi connectivity index (χ1v) is 7.44. The van der Waals surface area contributed by atoms with Crippen LogP contribution >= 0.6 is 11.6 Å². The summed E-state index contributed by atoms with van der Waals surface area (Å²) in [5, 5.41) is 5.21. The lowest BCUT2D eigenvalue weighted by Gasteiger charge is -2.15. The van der Waals surface area contributed by atoms with E-state index in [-0.39, 0.29) is 6.04 Å². The van der Waals surface area contributed by atoms with Gasteiger partial charge in [-0.2, -0.15) is 0 Å². The van der Waals surface area contributed by atoms with Crippen molar-refractivity contribution < 1.29 is 4.42 Å². The summed E-state index contributed by atoms with van der Waals surface area (Å²) in [6.45, 7) is 4.21. The average molecular weight is 301 g/mol. The van der Waals surface area contributed by atoms with Crippen molar-refractivity contribution >= 4 is 28.3 Å². The number of aromatic nitrogens is 1. The maximum absolute atomic E-state index is 6.18. The van der Waals surface area contributed by atoms with Crippen LogP contribution in [0.5, 0.6) is 0 Å². The molecule has 0 aliphatic rings. The van der Waals surface area contributed by atoms with Crippen LogP contribution in [0.15, 0.2) is 47.1 Å². The number of aryl methyl sites for hydroxylation is 1. The number of hydrogen-bond acceptors (Lipinski definition) is 3. The molecule has 2 aromatic heterocycles. The molecule has 0 saturated carbocycles. The molecule has 21 heavy (non-hydrogen) atoms. The van der Waals surface area contributed by atoms with Crippen LogP contribution in [-0.4, -0.2) is 4.98 Å². The van der Waals surface area contributed by atoms with Gasteiger partial charge in [0.15, 0.2) is 0 Å². The Bertz CT molecular complexity index is 766. The molecule has 0 amide bonds. The third kappa shape index (κ3) is 2.61. The highest BCUT2D eigenvalue weighted by atomic mass is 35.5. The van der Waals surface area contributed by atoms with Gasteiger partial charge in [0.1, 0.15) is 11.3 Å². The Morgan fingerprint density at radius 2 is 2.10 bits per heavy atom. The monoisotopic (exact) mass is 300 g/mol. The number of nitrogens with zero attached hydrogens (tertiary/aromatic N) is 1. The smallest absolute Gasteiger partial charge is 0.134 e. The normalized spacial score (nSPS) is 12.5. The van der Waals surface area contributed by atoms with Crippen molar-refractivity contribution in [1.82, 2.24) is 4.98 Å². The largest absolute Gasteiger partial charge is 0.459 e. The van der Waals surface area contributed by atoms with Crippen molar-refractivity contribution in [3.63, 3.8) is 0 Å². The van der Waals surface area contributed by atoms with E-state index in [1.807, 2.05) is 18.2 Å². The van der Waals surface area contributed by atoms with Gasteiger partial charge in [0.25, 0.3) is 0 Å². The second-order valence-corrected chi connectivity index (χ2v) is 5.42. The number of anilines is 1. The lowest BCUT2D eigenvalue weighted by Crippen LogP contribution is -2.08. The van der Waals surface area contributed by atoms with Crippen molar-refractivity contribution in [3.05, 3.63) is 59.1 Å². The molecule has 1 unspecified atom stereocenters.